The number of carboxylic acids is 1. The van der Waals surface area contributed by atoms with Crippen molar-refractivity contribution in [3.8, 4) is 0 Å². The first-order valence-corrected chi connectivity index (χ1v) is 38.2. The Balaban J connectivity index is -0.000000332. The van der Waals surface area contributed by atoms with Crippen molar-refractivity contribution in [2.24, 2.45) is 11.5 Å². The maximum atomic E-state index is 12.6. The maximum Gasteiger partial charge on any atom is 0.407 e. The van der Waals surface area contributed by atoms with Gasteiger partial charge in [-0.25, -0.2) is 4.79 Å². The molecule has 6 atom stereocenters. The molecular weight excluding hydrogens is 1260 g/mol. The second kappa shape index (κ2) is 48.4. The Morgan fingerprint density at radius 1 is 0.482 bits per heavy atom. The smallest absolute Gasteiger partial charge is 0.407 e. The number of ether oxygens (including phenoxy) is 1. The third kappa shape index (κ3) is 43.0. The van der Waals surface area contributed by atoms with E-state index in [2.05, 4.69) is 34.4 Å². The number of rotatable bonds is 39. The fraction of sp³-hybridized carbons (Fsp3) is 0.796. The summed E-state index contributed by atoms with van der Waals surface area (Å²) in [4.78, 5) is 65.5. The molecule has 0 aliphatic rings. The first kappa shape index (κ1) is 91.3. The number of amides is 4. The van der Waals surface area contributed by atoms with Gasteiger partial charge < -0.3 is 83.3 Å². The number of alkyl carbamates (subject to hydrolysis) is 1. The van der Waals surface area contributed by atoms with Gasteiger partial charge in [-0.05, 0) is 117 Å². The zero-order valence-electron chi connectivity index (χ0n) is 53.0. The van der Waals surface area contributed by atoms with Crippen LogP contribution in [0.25, 0.3) is 0 Å². The van der Waals surface area contributed by atoms with Crippen LogP contribution >= 0.6 is 56.5 Å². The summed E-state index contributed by atoms with van der Waals surface area (Å²) in [7, 11) is -8.48. The van der Waals surface area contributed by atoms with E-state index in [1.165, 1.54) is 84.0 Å². The van der Waals surface area contributed by atoms with E-state index in [0.29, 0.717) is 102 Å². The van der Waals surface area contributed by atoms with Crippen molar-refractivity contribution in [1.82, 2.24) is 21.3 Å². The predicted molar refractivity (Wildman–Crippen MR) is 333 cm³/mol. The van der Waals surface area contributed by atoms with E-state index in [1.807, 2.05) is 0 Å². The van der Waals surface area contributed by atoms with Gasteiger partial charge in [0.1, 0.15) is 21.8 Å². The number of nitrogens with one attached hydrogen (secondary N) is 4. The van der Waals surface area contributed by atoms with Gasteiger partial charge in [-0.3, -0.25) is 51.4 Å². The van der Waals surface area contributed by atoms with Crippen LogP contribution in [0.1, 0.15) is 112 Å². The first-order chi connectivity index (χ1) is 39.1. The SMILES string of the molecule is C=C(C)C(=O)Cl.C=C(C)C(=O)NCCCC(=O)NCCCC(P(C)(=O)OC)P(=O)(OC)OC.CC(C)(C)OC(=O)NCCCC(=O)O.COP(C)(=O)C(CCCN)P(=O)(OC)OC.COP(C)(=O)C(CCCNC(=O)CCCN)P(=O)(OC)OC. The van der Waals surface area contributed by atoms with E-state index >= 15 is 0 Å². The highest BCUT2D eigenvalue weighted by atomic mass is 35.5. The Kier molecular flexibility index (Phi) is 52.0. The fourth-order valence-electron chi connectivity index (χ4n) is 6.38. The number of carbonyl (C=O) groups excluding carboxylic acids is 5. The molecular formula is C49H103ClN6O23P6. The Labute approximate surface area is 509 Å². The van der Waals surface area contributed by atoms with Crippen LogP contribution in [0.3, 0.4) is 0 Å². The fourth-order valence-corrected chi connectivity index (χ4v) is 21.2. The Hall–Kier alpha value is -2.47. The Morgan fingerprint density at radius 3 is 1.05 bits per heavy atom. The van der Waals surface area contributed by atoms with Crippen LogP contribution < -0.4 is 32.7 Å². The third-order valence-electron chi connectivity index (χ3n) is 11.4. The van der Waals surface area contributed by atoms with Crippen LogP contribution in [0.4, 0.5) is 4.79 Å². The van der Waals surface area contributed by atoms with Gasteiger partial charge in [-0.2, -0.15) is 0 Å². The van der Waals surface area contributed by atoms with Crippen molar-refractivity contribution in [3.63, 3.8) is 0 Å². The topological polar surface area (TPSA) is 418 Å². The summed E-state index contributed by atoms with van der Waals surface area (Å²) in [6, 6.07) is 0. The highest BCUT2D eigenvalue weighted by Gasteiger charge is 2.47. The zero-order chi connectivity index (χ0) is 67.5. The molecule has 0 aliphatic heterocycles. The number of hydrogen-bond acceptors (Lipinski definition) is 24. The van der Waals surface area contributed by atoms with E-state index in [1.54, 1.807) is 34.6 Å². The van der Waals surface area contributed by atoms with Gasteiger partial charge in [-0.1, -0.05) is 13.2 Å². The number of carbonyl (C=O) groups is 6. The summed E-state index contributed by atoms with van der Waals surface area (Å²) in [5, 5.41) is 15.9. The molecule has 0 bridgehead atoms. The summed E-state index contributed by atoms with van der Waals surface area (Å²) < 4.78 is 124. The molecule has 9 N–H and O–H groups in total. The predicted octanol–water partition coefficient (Wildman–Crippen LogP) is 9.51. The molecule has 36 heteroatoms. The zero-order valence-corrected chi connectivity index (χ0v) is 59.1. The highest BCUT2D eigenvalue weighted by molar-refractivity contribution is 7.75. The largest absolute Gasteiger partial charge is 0.481 e. The normalized spacial score (nSPS) is 14.6. The molecule has 4 amide bonds. The molecule has 0 saturated carbocycles. The van der Waals surface area contributed by atoms with E-state index in [0.717, 1.165) is 0 Å². The molecule has 0 saturated heterocycles. The summed E-state index contributed by atoms with van der Waals surface area (Å²) in [6.07, 6.45) is 4.14. The molecule has 0 rings (SSSR count). The van der Waals surface area contributed by atoms with E-state index < -0.39 is 84.0 Å². The van der Waals surface area contributed by atoms with Crippen molar-refractivity contribution in [2.75, 3.05) is 123 Å². The third-order valence-corrected chi connectivity index (χ3v) is 30.2. The van der Waals surface area contributed by atoms with E-state index in [4.69, 9.17) is 73.6 Å². The number of nitrogens with two attached hydrogens (primary N) is 2. The highest BCUT2D eigenvalue weighted by Crippen LogP contribution is 2.70. The molecule has 0 aromatic heterocycles. The molecule has 0 radical (unpaired) electrons. The lowest BCUT2D eigenvalue weighted by molar-refractivity contribution is -0.137. The molecule has 0 aromatic carbocycles. The molecule has 504 valence electrons. The van der Waals surface area contributed by atoms with Crippen LogP contribution in [-0.2, 0) is 96.8 Å². The van der Waals surface area contributed by atoms with Gasteiger partial charge in [0, 0.05) is 141 Å². The average molecular weight is 1370 g/mol. The number of allylic oxidation sites excluding steroid dienone is 1. The first-order valence-electron chi connectivity index (χ1n) is 26.6. The lowest BCUT2D eigenvalue weighted by atomic mass is 10.2. The quantitative estimate of drug-likeness (QED) is 0.0130. The van der Waals surface area contributed by atoms with Crippen LogP contribution in [-0.4, -0.2) is 185 Å². The van der Waals surface area contributed by atoms with E-state index in [-0.39, 0.29) is 43.4 Å². The molecule has 0 aromatic rings. The van der Waals surface area contributed by atoms with Crippen molar-refractivity contribution >= 4 is 91.5 Å². The minimum atomic E-state index is -3.58. The van der Waals surface area contributed by atoms with Gasteiger partial charge in [-0.15, -0.1) is 0 Å². The van der Waals surface area contributed by atoms with Crippen LogP contribution in [0.5, 0.6) is 0 Å². The minimum absolute atomic E-state index is 0.0514. The summed E-state index contributed by atoms with van der Waals surface area (Å²) in [6.45, 7) is 21.8. The molecule has 0 aliphatic carbocycles. The van der Waals surface area contributed by atoms with Gasteiger partial charge in [0.25, 0.3) is 0 Å². The minimum Gasteiger partial charge on any atom is -0.481 e. The number of carboxylic acid groups (broad SMARTS) is 1. The molecule has 6 unspecified atom stereocenters. The summed E-state index contributed by atoms with van der Waals surface area (Å²) in [5.41, 5.74) is 11.0. The molecule has 0 fully saturated rings. The van der Waals surface area contributed by atoms with Crippen LogP contribution in [0.2, 0.25) is 0 Å². The van der Waals surface area contributed by atoms with Gasteiger partial charge in [0.2, 0.25) is 45.1 Å². The van der Waals surface area contributed by atoms with Gasteiger partial charge in [0.05, 0.1) is 0 Å². The summed E-state index contributed by atoms with van der Waals surface area (Å²) >= 11 is 4.87. The molecule has 29 nitrogen and oxygen atoms in total. The number of hydrogen-bond donors (Lipinski definition) is 7. The number of halogens is 1. The van der Waals surface area contributed by atoms with Crippen LogP contribution in [0.15, 0.2) is 24.3 Å². The monoisotopic (exact) mass is 1360 g/mol. The second-order valence-corrected chi connectivity index (χ2v) is 36.6. The molecule has 85 heavy (non-hydrogen) atoms. The lowest BCUT2D eigenvalue weighted by Gasteiger charge is -2.28. The second-order valence-electron chi connectivity index (χ2n) is 19.4. The molecule has 0 spiro atoms. The van der Waals surface area contributed by atoms with Crippen molar-refractivity contribution in [2.45, 2.75) is 133 Å². The average Bonchev–Trinajstić information content (AvgIpc) is 3.60. The van der Waals surface area contributed by atoms with Crippen molar-refractivity contribution < 1.29 is 107 Å². The Morgan fingerprint density at radius 2 is 0.776 bits per heavy atom. The van der Waals surface area contributed by atoms with Crippen LogP contribution in [0, 0.1) is 0 Å². The Bertz CT molecular complexity index is 2280. The van der Waals surface area contributed by atoms with Crippen molar-refractivity contribution in [3.05, 3.63) is 24.3 Å². The maximum absolute atomic E-state index is 12.6. The van der Waals surface area contributed by atoms with Gasteiger partial charge in [0.15, 0.2) is 0 Å². The number of aliphatic carboxylic acids is 1. The van der Waals surface area contributed by atoms with Crippen molar-refractivity contribution in [1.29, 1.82) is 0 Å². The molecule has 0 heterocycles. The summed E-state index contributed by atoms with van der Waals surface area (Å²) in [5.74, 6) is -1.35. The van der Waals surface area contributed by atoms with E-state index in [9.17, 15) is 56.2 Å². The standard InChI is InChI=1S/C16H32N2O7P2.C12H28N2O6P2.C9H17NO4.C8H21NO5P2.C4H5ClO/c1-13(2)16(20)18-12-7-9-14(19)17-11-8-10-15(26(6,21)23-3)27(22,24-4)25-5;1-18-21(4,16)12(22(17,19-2)20-3)8-6-10-14-11(15)7-5-9-13;1-9(2,3)14-8(13)10-6-4-5-7(11)12;1-12-15(4,10)8(6-5-7-9)16(11,13-2)14-3;1-3(2)4(5)6/h15H,1,7-12H2,2-6H3,(H,17,19)(H,18,20);12H,5-10,13H2,1-4H3,(H,14,15);4-6H2,1-3H3,(H,10,13)(H,11,12);8H,5-7,9H2,1-4H3;1H2,2H3. The lowest BCUT2D eigenvalue weighted by Crippen LogP contribution is -2.33. The van der Waals surface area contributed by atoms with Gasteiger partial charge >= 0.3 is 34.8 Å².